The number of carbonyl (C=O) groups is 3. The van der Waals surface area contributed by atoms with Gasteiger partial charge in [0.1, 0.15) is 26.4 Å². The van der Waals surface area contributed by atoms with Crippen molar-refractivity contribution >= 4 is 25.7 Å². The van der Waals surface area contributed by atoms with E-state index in [1.165, 1.54) is 12.1 Å². The summed E-state index contributed by atoms with van der Waals surface area (Å²) in [7, 11) is -4.62. The molecule has 0 spiro atoms. The van der Waals surface area contributed by atoms with Crippen LogP contribution in [-0.4, -0.2) is 75.0 Å². The molecule has 1 amide bonds. The zero-order valence-electron chi connectivity index (χ0n) is 21.3. The molecule has 1 aromatic carbocycles. The van der Waals surface area contributed by atoms with Crippen LogP contribution in [0.25, 0.3) is 0 Å². The highest BCUT2D eigenvalue weighted by Gasteiger charge is 2.25. The number of hydrogen-bond acceptors (Lipinski definition) is 11. The number of nitrogens with one attached hydrogen (secondary N) is 1. The quantitative estimate of drug-likeness (QED) is 0.120. The highest BCUT2D eigenvalue weighted by molar-refractivity contribution is 7.47. The third-order valence-electron chi connectivity index (χ3n) is 4.08. The van der Waals surface area contributed by atoms with Crippen LogP contribution >= 0.6 is 7.82 Å². The zero-order chi connectivity index (χ0) is 29.3. The molecule has 1 unspecified atom stereocenters. The molecule has 0 saturated heterocycles. The highest BCUT2D eigenvalue weighted by Crippen LogP contribution is 2.43. The minimum absolute atomic E-state index is 0.0558. The van der Waals surface area contributed by atoms with Crippen LogP contribution < -0.4 is 19.5 Å². The maximum Gasteiger partial charge on any atom is 0.472 e. The van der Waals surface area contributed by atoms with Crippen LogP contribution in [0, 0.1) is 37.0 Å². The van der Waals surface area contributed by atoms with Crippen molar-refractivity contribution in [3.8, 4) is 54.3 Å². The first-order valence-corrected chi connectivity index (χ1v) is 12.6. The van der Waals surface area contributed by atoms with E-state index in [0.29, 0.717) is 0 Å². The summed E-state index contributed by atoms with van der Waals surface area (Å²) >= 11 is 0. The fourth-order valence-electron chi connectivity index (χ4n) is 2.62. The Morgan fingerprint density at radius 3 is 2.00 bits per heavy atom. The second-order valence-electron chi connectivity index (χ2n) is 7.17. The molecule has 0 heterocycles. The molecule has 1 aromatic rings. The van der Waals surface area contributed by atoms with E-state index in [1.54, 1.807) is 0 Å². The molecule has 1 rings (SSSR count). The van der Waals surface area contributed by atoms with Gasteiger partial charge in [-0.15, -0.1) is 19.3 Å². The summed E-state index contributed by atoms with van der Waals surface area (Å²) in [5, 5.41) is 2.48. The van der Waals surface area contributed by atoms with Crippen molar-refractivity contribution in [2.75, 3.05) is 46.2 Å². The van der Waals surface area contributed by atoms with Gasteiger partial charge in [0.25, 0.3) is 5.91 Å². The monoisotopic (exact) mass is 565 g/mol. The van der Waals surface area contributed by atoms with Gasteiger partial charge in [0, 0.05) is 26.0 Å². The number of esters is 2. The molecule has 0 aliphatic heterocycles. The first-order chi connectivity index (χ1) is 18.5. The molecule has 0 radical (unpaired) electrons. The molecule has 0 fully saturated rings. The first kappa shape index (κ1) is 32.8. The SMILES string of the molecule is C#CCOc1cc(C(=O)NCCOP(=O)(O)OC[C@@H](COC(C)=O)OC(C)=O)cc(OCC#C)c1OCC#C. The van der Waals surface area contributed by atoms with Gasteiger partial charge in [-0.25, -0.2) is 4.57 Å². The van der Waals surface area contributed by atoms with Crippen molar-refractivity contribution in [3.63, 3.8) is 0 Å². The van der Waals surface area contributed by atoms with Gasteiger partial charge >= 0.3 is 19.8 Å². The predicted molar refractivity (Wildman–Crippen MR) is 136 cm³/mol. The Morgan fingerprint density at radius 1 is 0.923 bits per heavy atom. The average Bonchev–Trinajstić information content (AvgIpc) is 2.88. The maximum atomic E-state index is 12.7. The van der Waals surface area contributed by atoms with Gasteiger partial charge in [-0.1, -0.05) is 17.8 Å². The second kappa shape index (κ2) is 17.4. The molecule has 2 atom stereocenters. The third kappa shape index (κ3) is 13.3. The fraction of sp³-hybridized carbons (Fsp3) is 0.400. The molecular formula is C25H28NO12P. The smallest absolute Gasteiger partial charge is 0.472 e. The number of carbonyl (C=O) groups excluding carboxylic acids is 3. The van der Waals surface area contributed by atoms with E-state index in [-0.39, 0.29) is 49.2 Å². The van der Waals surface area contributed by atoms with Gasteiger partial charge in [0.2, 0.25) is 5.75 Å². The van der Waals surface area contributed by atoms with Crippen LogP contribution in [0.1, 0.15) is 24.2 Å². The van der Waals surface area contributed by atoms with Crippen LogP contribution in [0.4, 0.5) is 0 Å². The average molecular weight is 565 g/mol. The third-order valence-corrected chi connectivity index (χ3v) is 5.06. The van der Waals surface area contributed by atoms with Crippen molar-refractivity contribution in [1.29, 1.82) is 0 Å². The lowest BCUT2D eigenvalue weighted by Crippen LogP contribution is -2.29. The van der Waals surface area contributed by atoms with E-state index in [2.05, 4.69) is 23.1 Å². The molecule has 0 bridgehead atoms. The maximum absolute atomic E-state index is 12.7. The summed E-state index contributed by atoms with van der Waals surface area (Å²) in [5.41, 5.74) is 0.0558. The van der Waals surface area contributed by atoms with Crippen LogP contribution in [0.2, 0.25) is 0 Å². The Kier molecular flexibility index (Phi) is 14.6. The first-order valence-electron chi connectivity index (χ1n) is 11.1. The van der Waals surface area contributed by atoms with E-state index in [1.807, 2.05) is 0 Å². The van der Waals surface area contributed by atoms with E-state index < -0.39 is 51.6 Å². The van der Waals surface area contributed by atoms with Gasteiger partial charge in [0.15, 0.2) is 17.6 Å². The molecule has 39 heavy (non-hydrogen) atoms. The van der Waals surface area contributed by atoms with E-state index >= 15 is 0 Å². The molecule has 13 nitrogen and oxygen atoms in total. The fourth-order valence-corrected chi connectivity index (χ4v) is 3.37. The summed E-state index contributed by atoms with van der Waals surface area (Å²) < 4.78 is 47.7. The molecule has 2 N–H and O–H groups in total. The number of hydrogen-bond donors (Lipinski definition) is 2. The van der Waals surface area contributed by atoms with E-state index in [0.717, 1.165) is 13.8 Å². The summed E-state index contributed by atoms with van der Waals surface area (Å²) in [6, 6.07) is 2.67. The molecule has 210 valence electrons. The lowest BCUT2D eigenvalue weighted by molar-refractivity contribution is -0.158. The van der Waals surface area contributed by atoms with Crippen LogP contribution in [0.5, 0.6) is 17.2 Å². The molecule has 0 aliphatic carbocycles. The van der Waals surface area contributed by atoms with Crippen molar-refractivity contribution in [2.24, 2.45) is 0 Å². The molecule has 0 aromatic heterocycles. The van der Waals surface area contributed by atoms with Gasteiger partial charge < -0.3 is 33.9 Å². The Balaban J connectivity index is 2.81. The predicted octanol–water partition coefficient (Wildman–Crippen LogP) is 1.08. The summed E-state index contributed by atoms with van der Waals surface area (Å²) in [6.07, 6.45) is 14.6. The highest BCUT2D eigenvalue weighted by atomic mass is 31.2. The van der Waals surface area contributed by atoms with Crippen LogP contribution in [0.3, 0.4) is 0 Å². The standard InChI is InChI=1S/C25H28NO12P/c1-6-10-32-22-14-20(15-23(33-11-7-2)24(22)34-12-8-3)25(29)26-9-13-36-39(30,31)37-17-21(38-19(5)28)16-35-18(4)27/h1-3,14-15,21H,9-13,16-17H2,4-5H3,(H,26,29)(H,30,31)/t21-/m1/s1. The number of rotatable bonds is 17. The van der Waals surface area contributed by atoms with Gasteiger partial charge in [-0.3, -0.25) is 23.4 Å². The second-order valence-corrected chi connectivity index (χ2v) is 8.62. The van der Waals surface area contributed by atoms with E-state index in [4.69, 9.17) is 52.0 Å². The van der Waals surface area contributed by atoms with E-state index in [9.17, 15) is 23.8 Å². The minimum Gasteiger partial charge on any atom is -0.477 e. The number of ether oxygens (including phenoxy) is 5. The normalized spacial score (nSPS) is 12.3. The number of phosphoric ester groups is 1. The van der Waals surface area contributed by atoms with Gasteiger partial charge in [-0.05, 0) is 12.1 Å². The lowest BCUT2D eigenvalue weighted by Gasteiger charge is -2.19. The van der Waals surface area contributed by atoms with Crippen molar-refractivity contribution in [1.82, 2.24) is 5.32 Å². The number of benzene rings is 1. The molecule has 0 aliphatic rings. The van der Waals surface area contributed by atoms with Crippen LogP contribution in [-0.2, 0) is 32.7 Å². The minimum atomic E-state index is -4.62. The topological polar surface area (TPSA) is 165 Å². The Hall–Kier alpha value is -4.18. The largest absolute Gasteiger partial charge is 0.477 e. The summed E-state index contributed by atoms with van der Waals surface area (Å²) in [5.74, 6) is 5.11. The Bertz CT molecular complexity index is 1140. The van der Waals surface area contributed by atoms with Gasteiger partial charge in [-0.2, -0.15) is 0 Å². The zero-order valence-corrected chi connectivity index (χ0v) is 22.2. The molecule has 14 heteroatoms. The summed E-state index contributed by atoms with van der Waals surface area (Å²) in [6.45, 7) is 0.171. The number of terminal acetylenes is 3. The molecule has 0 saturated carbocycles. The van der Waals surface area contributed by atoms with Crippen LogP contribution in [0.15, 0.2) is 12.1 Å². The Labute approximate surface area is 226 Å². The van der Waals surface area contributed by atoms with Gasteiger partial charge in [0.05, 0.1) is 13.2 Å². The number of amides is 1. The number of phosphoric acid groups is 1. The lowest BCUT2D eigenvalue weighted by atomic mass is 10.1. The molecular weight excluding hydrogens is 537 g/mol. The Morgan fingerprint density at radius 2 is 1.49 bits per heavy atom. The van der Waals surface area contributed by atoms with Crippen molar-refractivity contribution in [2.45, 2.75) is 20.0 Å². The van der Waals surface area contributed by atoms with Crippen molar-refractivity contribution < 1.29 is 56.6 Å². The van der Waals surface area contributed by atoms with Crippen molar-refractivity contribution in [3.05, 3.63) is 17.7 Å². The summed E-state index contributed by atoms with van der Waals surface area (Å²) in [4.78, 5) is 44.7.